The number of hydrogen-bond acceptors (Lipinski definition) is 3. The molecule has 0 radical (unpaired) electrons. The summed E-state index contributed by atoms with van der Waals surface area (Å²) in [6.45, 7) is 0. The van der Waals surface area contributed by atoms with Gasteiger partial charge in [-0.05, 0) is 18.8 Å². The third kappa shape index (κ3) is 2.00. The van der Waals surface area contributed by atoms with Gasteiger partial charge in [-0.25, -0.2) is 4.98 Å². The van der Waals surface area contributed by atoms with E-state index < -0.39 is 0 Å². The first-order chi connectivity index (χ1) is 6.75. The van der Waals surface area contributed by atoms with Crippen molar-refractivity contribution in [3.8, 4) is 0 Å². The summed E-state index contributed by atoms with van der Waals surface area (Å²) in [5.41, 5.74) is 0. The Hall–Kier alpha value is -1.19. The van der Waals surface area contributed by atoms with Crippen molar-refractivity contribution in [2.75, 3.05) is 0 Å². The van der Waals surface area contributed by atoms with Crippen LogP contribution in [0, 0.1) is 5.92 Å². The molecule has 0 unspecified atom stereocenters. The van der Waals surface area contributed by atoms with E-state index in [9.17, 15) is 4.79 Å². The molecule has 0 atom stereocenters. The smallest absolute Gasteiger partial charge is 0.138 e. The average Bonchev–Trinajstić information content (AvgIpc) is 2.56. The quantitative estimate of drug-likeness (QED) is 0.707. The topological polar surface area (TPSA) is 47.8 Å². The molecule has 1 heterocycles. The van der Waals surface area contributed by atoms with Gasteiger partial charge in [0.15, 0.2) is 0 Å². The molecule has 2 rings (SSSR count). The van der Waals surface area contributed by atoms with Crippen molar-refractivity contribution in [1.29, 1.82) is 0 Å². The number of aryl methyl sites for hydroxylation is 1. The molecule has 1 saturated carbocycles. The van der Waals surface area contributed by atoms with Crippen molar-refractivity contribution in [2.45, 2.75) is 32.1 Å². The summed E-state index contributed by atoms with van der Waals surface area (Å²) in [6.07, 6.45) is 6.09. The molecule has 1 aromatic rings. The number of ketones is 1. The Balaban J connectivity index is 1.92. The van der Waals surface area contributed by atoms with Gasteiger partial charge in [-0.15, -0.1) is 0 Å². The highest BCUT2D eigenvalue weighted by molar-refractivity contribution is 5.79. The number of nitrogens with zero attached hydrogens (tertiary/aromatic N) is 3. The molecular formula is C10H15N3O. The first-order valence-corrected chi connectivity index (χ1v) is 5.10. The molecule has 1 fully saturated rings. The van der Waals surface area contributed by atoms with E-state index in [4.69, 9.17) is 0 Å². The third-order valence-corrected chi connectivity index (χ3v) is 2.94. The molecule has 1 aliphatic rings. The largest absolute Gasteiger partial charge is 0.300 e. The van der Waals surface area contributed by atoms with Crippen molar-refractivity contribution in [3.63, 3.8) is 0 Å². The Kier molecular flexibility index (Phi) is 2.61. The molecule has 76 valence electrons. The maximum absolute atomic E-state index is 11.0. The van der Waals surface area contributed by atoms with Crippen LogP contribution in [0.1, 0.15) is 31.5 Å². The van der Waals surface area contributed by atoms with Crippen molar-refractivity contribution >= 4 is 5.78 Å². The molecular weight excluding hydrogens is 178 g/mol. The fourth-order valence-corrected chi connectivity index (χ4v) is 1.97. The van der Waals surface area contributed by atoms with Crippen LogP contribution in [0.2, 0.25) is 0 Å². The summed E-state index contributed by atoms with van der Waals surface area (Å²) in [6, 6.07) is 0. The predicted molar refractivity (Wildman–Crippen MR) is 51.7 cm³/mol. The molecule has 0 saturated heterocycles. The molecule has 1 aliphatic carbocycles. The zero-order chi connectivity index (χ0) is 9.97. The molecule has 4 nitrogen and oxygen atoms in total. The summed E-state index contributed by atoms with van der Waals surface area (Å²) in [5, 5.41) is 4.04. The Bertz CT molecular complexity index is 322. The Morgan fingerprint density at radius 1 is 1.50 bits per heavy atom. The van der Waals surface area contributed by atoms with Crippen LogP contribution in [0.4, 0.5) is 0 Å². The first kappa shape index (κ1) is 9.37. The maximum atomic E-state index is 11.0. The van der Waals surface area contributed by atoms with E-state index in [2.05, 4.69) is 10.1 Å². The van der Waals surface area contributed by atoms with Crippen molar-refractivity contribution < 1.29 is 4.79 Å². The van der Waals surface area contributed by atoms with Crippen LogP contribution < -0.4 is 0 Å². The molecule has 0 bridgehead atoms. The van der Waals surface area contributed by atoms with Crippen molar-refractivity contribution in [1.82, 2.24) is 14.8 Å². The van der Waals surface area contributed by atoms with E-state index in [1.165, 1.54) is 0 Å². The van der Waals surface area contributed by atoms with E-state index in [0.717, 1.165) is 37.9 Å². The third-order valence-electron chi connectivity index (χ3n) is 2.94. The SMILES string of the molecule is Cn1ncnc1CC1CCC(=O)CC1. The Labute approximate surface area is 83.3 Å². The number of aromatic nitrogens is 3. The summed E-state index contributed by atoms with van der Waals surface area (Å²) in [5.74, 6) is 2.07. The van der Waals surface area contributed by atoms with E-state index in [-0.39, 0.29) is 0 Å². The van der Waals surface area contributed by atoms with Gasteiger partial charge in [-0.1, -0.05) is 0 Å². The minimum Gasteiger partial charge on any atom is -0.300 e. The van der Waals surface area contributed by atoms with Crippen LogP contribution in [-0.4, -0.2) is 20.5 Å². The predicted octanol–water partition coefficient (Wildman–Crippen LogP) is 1.12. The monoisotopic (exact) mass is 193 g/mol. The Morgan fingerprint density at radius 2 is 2.21 bits per heavy atom. The molecule has 0 N–H and O–H groups in total. The zero-order valence-electron chi connectivity index (χ0n) is 8.44. The Morgan fingerprint density at radius 3 is 2.79 bits per heavy atom. The van der Waals surface area contributed by atoms with Gasteiger partial charge in [0.1, 0.15) is 17.9 Å². The zero-order valence-corrected chi connectivity index (χ0v) is 8.44. The number of carbonyl (C=O) groups excluding carboxylic acids is 1. The van der Waals surface area contributed by atoms with E-state index >= 15 is 0 Å². The van der Waals surface area contributed by atoms with Gasteiger partial charge in [0.05, 0.1) is 0 Å². The van der Waals surface area contributed by atoms with E-state index in [1.807, 2.05) is 11.7 Å². The molecule has 4 heteroatoms. The summed E-state index contributed by atoms with van der Waals surface area (Å²) in [7, 11) is 1.91. The standard InChI is InChI=1S/C10H15N3O/c1-13-10(11-7-12-13)6-8-2-4-9(14)5-3-8/h7-8H,2-6H2,1H3. The van der Waals surface area contributed by atoms with Gasteiger partial charge in [-0.2, -0.15) is 5.10 Å². The molecule has 14 heavy (non-hydrogen) atoms. The second-order valence-electron chi connectivity index (χ2n) is 3.99. The van der Waals surface area contributed by atoms with Crippen LogP contribution in [0.3, 0.4) is 0 Å². The number of Topliss-reactive ketones (excluding diaryl/α,β-unsaturated/α-hetero) is 1. The lowest BCUT2D eigenvalue weighted by Gasteiger charge is -2.19. The van der Waals surface area contributed by atoms with Gasteiger partial charge in [-0.3, -0.25) is 9.48 Å². The van der Waals surface area contributed by atoms with E-state index in [0.29, 0.717) is 11.7 Å². The van der Waals surface area contributed by atoms with Crippen molar-refractivity contribution in [2.24, 2.45) is 13.0 Å². The molecule has 0 spiro atoms. The minimum absolute atomic E-state index is 0.416. The van der Waals surface area contributed by atoms with Gasteiger partial charge in [0, 0.05) is 26.3 Å². The first-order valence-electron chi connectivity index (χ1n) is 5.10. The highest BCUT2D eigenvalue weighted by Crippen LogP contribution is 2.24. The average molecular weight is 193 g/mol. The fourth-order valence-electron chi connectivity index (χ4n) is 1.97. The molecule has 0 amide bonds. The van der Waals surface area contributed by atoms with Crippen LogP contribution in [0.15, 0.2) is 6.33 Å². The van der Waals surface area contributed by atoms with Gasteiger partial charge < -0.3 is 0 Å². The van der Waals surface area contributed by atoms with Gasteiger partial charge in [0.25, 0.3) is 0 Å². The summed E-state index contributed by atoms with van der Waals surface area (Å²) >= 11 is 0. The lowest BCUT2D eigenvalue weighted by Crippen LogP contribution is -2.17. The second kappa shape index (κ2) is 3.90. The van der Waals surface area contributed by atoms with Crippen LogP contribution in [-0.2, 0) is 18.3 Å². The van der Waals surface area contributed by atoms with E-state index in [1.54, 1.807) is 6.33 Å². The highest BCUT2D eigenvalue weighted by atomic mass is 16.1. The minimum atomic E-state index is 0.416. The number of carbonyl (C=O) groups is 1. The summed E-state index contributed by atoms with van der Waals surface area (Å²) < 4.78 is 1.82. The highest BCUT2D eigenvalue weighted by Gasteiger charge is 2.20. The number of hydrogen-bond donors (Lipinski definition) is 0. The molecule has 0 aliphatic heterocycles. The lowest BCUT2D eigenvalue weighted by molar-refractivity contribution is -0.121. The summed E-state index contributed by atoms with van der Waals surface area (Å²) in [4.78, 5) is 15.2. The molecule has 0 aromatic carbocycles. The second-order valence-corrected chi connectivity index (χ2v) is 3.99. The van der Waals surface area contributed by atoms with Crippen molar-refractivity contribution in [3.05, 3.63) is 12.2 Å². The lowest BCUT2D eigenvalue weighted by atomic mass is 9.86. The normalized spacial score (nSPS) is 18.8. The van der Waals surface area contributed by atoms with Crippen LogP contribution in [0.5, 0.6) is 0 Å². The van der Waals surface area contributed by atoms with Gasteiger partial charge >= 0.3 is 0 Å². The maximum Gasteiger partial charge on any atom is 0.138 e. The van der Waals surface area contributed by atoms with Crippen LogP contribution in [0.25, 0.3) is 0 Å². The van der Waals surface area contributed by atoms with Crippen LogP contribution >= 0.6 is 0 Å². The fraction of sp³-hybridized carbons (Fsp3) is 0.700. The van der Waals surface area contributed by atoms with Gasteiger partial charge in [0.2, 0.25) is 0 Å². The molecule has 1 aromatic heterocycles. The number of rotatable bonds is 2.